The van der Waals surface area contributed by atoms with Crippen LogP contribution in [-0.4, -0.2) is 15.8 Å². The summed E-state index contributed by atoms with van der Waals surface area (Å²) >= 11 is 0. The minimum absolute atomic E-state index is 0.154. The number of aryl methyl sites for hydroxylation is 1. The molecule has 1 aromatic carbocycles. The van der Waals surface area contributed by atoms with E-state index in [1.165, 1.54) is 30.5 Å². The molecule has 8 heteroatoms. The van der Waals surface area contributed by atoms with Crippen LogP contribution in [0.5, 0.6) is 0 Å². The molecular weight excluding hydrogens is 310 g/mol. The summed E-state index contributed by atoms with van der Waals surface area (Å²) in [5.74, 6) is -0.675. The minimum Gasteiger partial charge on any atom is -0.359 e. The minimum atomic E-state index is -0.675. The lowest BCUT2D eigenvalue weighted by atomic mass is 10.2. The molecule has 120 valence electrons. The highest BCUT2D eigenvalue weighted by Crippen LogP contribution is 2.17. The molecule has 8 nitrogen and oxygen atoms in total. The fraction of sp³-hybridized carbons (Fsp3) is 0.0625. The topological polar surface area (TPSA) is 121 Å². The lowest BCUT2D eigenvalue weighted by Crippen LogP contribution is -2.14. The van der Waals surface area contributed by atoms with Crippen molar-refractivity contribution >= 4 is 23.0 Å². The van der Waals surface area contributed by atoms with Crippen molar-refractivity contribution in [2.75, 3.05) is 10.6 Å². The van der Waals surface area contributed by atoms with Gasteiger partial charge < -0.3 is 10.6 Å². The summed E-state index contributed by atoms with van der Waals surface area (Å²) in [6.07, 6.45) is 2.82. The second-order valence-electron chi connectivity index (χ2n) is 4.76. The van der Waals surface area contributed by atoms with Crippen LogP contribution in [-0.2, 0) is 4.79 Å². The Morgan fingerprint density at radius 3 is 2.75 bits per heavy atom. The molecule has 0 unspecified atom stereocenters. The van der Waals surface area contributed by atoms with Gasteiger partial charge in [-0.1, -0.05) is 6.07 Å². The zero-order chi connectivity index (χ0) is 17.5. The number of carbonyl (C=O) groups excluding carboxylic acids is 1. The number of rotatable bonds is 5. The molecule has 0 aliphatic rings. The molecule has 0 saturated carbocycles. The average Bonchev–Trinajstić information content (AvgIpc) is 2.57. The quantitative estimate of drug-likeness (QED) is 0.378. The van der Waals surface area contributed by atoms with E-state index >= 15 is 0 Å². The summed E-state index contributed by atoms with van der Waals surface area (Å²) in [5.41, 5.74) is 1.36. The number of hydrogen-bond acceptors (Lipinski definition) is 6. The van der Waals surface area contributed by atoms with Gasteiger partial charge in [-0.25, -0.2) is 0 Å². The number of nitrogens with zero attached hydrogens (tertiary/aromatic N) is 3. The first-order valence-corrected chi connectivity index (χ1v) is 6.85. The highest BCUT2D eigenvalue weighted by Gasteiger charge is 2.12. The Morgan fingerprint density at radius 1 is 1.33 bits per heavy atom. The normalized spacial score (nSPS) is 10.6. The maximum absolute atomic E-state index is 12.1. The third kappa shape index (κ3) is 4.38. The third-order valence-electron chi connectivity index (χ3n) is 2.97. The maximum Gasteiger partial charge on any atom is 0.271 e. The van der Waals surface area contributed by atoms with E-state index in [4.69, 9.17) is 5.26 Å². The van der Waals surface area contributed by atoms with Crippen LogP contribution in [0, 0.1) is 28.4 Å². The van der Waals surface area contributed by atoms with Gasteiger partial charge in [-0.2, -0.15) is 5.26 Å². The van der Waals surface area contributed by atoms with E-state index in [2.05, 4.69) is 15.6 Å². The van der Waals surface area contributed by atoms with Crippen LogP contribution < -0.4 is 10.6 Å². The van der Waals surface area contributed by atoms with Crippen molar-refractivity contribution in [2.24, 2.45) is 0 Å². The highest BCUT2D eigenvalue weighted by atomic mass is 16.6. The highest BCUT2D eigenvalue weighted by molar-refractivity contribution is 6.06. The third-order valence-corrected chi connectivity index (χ3v) is 2.97. The summed E-state index contributed by atoms with van der Waals surface area (Å²) in [5, 5.41) is 25.1. The van der Waals surface area contributed by atoms with E-state index in [0.717, 1.165) is 5.69 Å². The van der Waals surface area contributed by atoms with Gasteiger partial charge in [0.2, 0.25) is 0 Å². The molecule has 0 bridgehead atoms. The largest absolute Gasteiger partial charge is 0.359 e. The first kappa shape index (κ1) is 16.6. The Bertz CT molecular complexity index is 838. The van der Waals surface area contributed by atoms with Crippen molar-refractivity contribution in [3.05, 3.63) is 70.2 Å². The molecule has 0 radical (unpaired) electrons. The second kappa shape index (κ2) is 7.51. The van der Waals surface area contributed by atoms with Gasteiger partial charge in [0.05, 0.1) is 16.8 Å². The van der Waals surface area contributed by atoms with Gasteiger partial charge in [0.1, 0.15) is 11.6 Å². The Morgan fingerprint density at radius 2 is 2.12 bits per heavy atom. The van der Waals surface area contributed by atoms with Gasteiger partial charge >= 0.3 is 0 Å². The summed E-state index contributed by atoms with van der Waals surface area (Å²) < 4.78 is 0. The molecule has 0 aliphatic heterocycles. The number of nitro benzene ring substituents is 1. The zero-order valence-electron chi connectivity index (χ0n) is 12.7. The van der Waals surface area contributed by atoms with Crippen LogP contribution in [0.15, 0.2) is 54.4 Å². The number of amides is 1. The van der Waals surface area contributed by atoms with E-state index in [0.29, 0.717) is 5.69 Å². The van der Waals surface area contributed by atoms with Crippen LogP contribution in [0.4, 0.5) is 17.1 Å². The van der Waals surface area contributed by atoms with Gasteiger partial charge in [0, 0.05) is 29.7 Å². The Labute approximate surface area is 137 Å². The molecule has 0 fully saturated rings. The SMILES string of the molecule is Cc1ccc(N/C=C(/C#N)C(=O)Nc2cccc([N+](=O)[O-])c2)cn1. The van der Waals surface area contributed by atoms with Gasteiger partial charge in [-0.05, 0) is 25.1 Å². The van der Waals surface area contributed by atoms with Crippen molar-refractivity contribution in [1.29, 1.82) is 5.26 Å². The number of pyridine rings is 1. The number of hydrogen-bond donors (Lipinski definition) is 2. The average molecular weight is 323 g/mol. The number of non-ortho nitro benzene ring substituents is 1. The molecule has 2 rings (SSSR count). The van der Waals surface area contributed by atoms with Crippen LogP contribution in [0.3, 0.4) is 0 Å². The molecule has 1 heterocycles. The van der Waals surface area contributed by atoms with E-state index in [1.807, 2.05) is 6.92 Å². The summed E-state index contributed by atoms with van der Waals surface area (Å²) in [4.78, 5) is 26.3. The molecule has 1 amide bonds. The van der Waals surface area contributed by atoms with Crippen molar-refractivity contribution in [1.82, 2.24) is 4.98 Å². The Balaban J connectivity index is 2.10. The fourth-order valence-corrected chi connectivity index (χ4v) is 1.75. The molecule has 1 aromatic heterocycles. The Hall–Kier alpha value is -3.73. The number of nitrogens with one attached hydrogen (secondary N) is 2. The molecule has 0 aliphatic carbocycles. The van der Waals surface area contributed by atoms with Crippen LogP contribution in [0.25, 0.3) is 0 Å². The van der Waals surface area contributed by atoms with Crippen LogP contribution in [0.2, 0.25) is 0 Å². The number of benzene rings is 1. The molecule has 2 N–H and O–H groups in total. The molecule has 0 atom stereocenters. The predicted octanol–water partition coefficient (Wildman–Crippen LogP) is 2.76. The lowest BCUT2D eigenvalue weighted by Gasteiger charge is -2.05. The van der Waals surface area contributed by atoms with E-state index in [-0.39, 0.29) is 16.9 Å². The van der Waals surface area contributed by atoms with Gasteiger partial charge in [-0.3, -0.25) is 19.9 Å². The van der Waals surface area contributed by atoms with E-state index in [1.54, 1.807) is 24.4 Å². The summed E-state index contributed by atoms with van der Waals surface area (Å²) in [7, 11) is 0. The van der Waals surface area contributed by atoms with E-state index < -0.39 is 10.8 Å². The molecule has 0 saturated heterocycles. The zero-order valence-corrected chi connectivity index (χ0v) is 12.7. The number of anilines is 2. The van der Waals surface area contributed by atoms with Gasteiger partial charge in [0.15, 0.2) is 0 Å². The lowest BCUT2D eigenvalue weighted by molar-refractivity contribution is -0.384. The monoisotopic (exact) mass is 323 g/mol. The summed E-state index contributed by atoms with van der Waals surface area (Å²) in [6.45, 7) is 1.84. The maximum atomic E-state index is 12.1. The van der Waals surface area contributed by atoms with Crippen LogP contribution >= 0.6 is 0 Å². The number of aromatic nitrogens is 1. The molecule has 24 heavy (non-hydrogen) atoms. The molecule has 0 spiro atoms. The number of nitriles is 1. The van der Waals surface area contributed by atoms with Crippen LogP contribution in [0.1, 0.15) is 5.69 Å². The van der Waals surface area contributed by atoms with Crippen molar-refractivity contribution in [2.45, 2.75) is 6.92 Å². The van der Waals surface area contributed by atoms with Crippen molar-refractivity contribution in [3.63, 3.8) is 0 Å². The Kier molecular flexibility index (Phi) is 5.20. The predicted molar refractivity (Wildman–Crippen MR) is 88.0 cm³/mol. The van der Waals surface area contributed by atoms with Gasteiger partial charge in [0.25, 0.3) is 11.6 Å². The van der Waals surface area contributed by atoms with Gasteiger partial charge in [-0.15, -0.1) is 0 Å². The first-order chi connectivity index (χ1) is 11.5. The van der Waals surface area contributed by atoms with Crippen molar-refractivity contribution < 1.29 is 9.72 Å². The smallest absolute Gasteiger partial charge is 0.271 e. The number of nitro groups is 1. The fourth-order valence-electron chi connectivity index (χ4n) is 1.75. The molecule has 2 aromatic rings. The first-order valence-electron chi connectivity index (χ1n) is 6.85. The van der Waals surface area contributed by atoms with E-state index in [9.17, 15) is 14.9 Å². The van der Waals surface area contributed by atoms with Crippen molar-refractivity contribution in [3.8, 4) is 6.07 Å². The molecular formula is C16H13N5O3. The summed E-state index contributed by atoms with van der Waals surface area (Å²) in [6, 6.07) is 10.8. The second-order valence-corrected chi connectivity index (χ2v) is 4.76. The number of carbonyl (C=O) groups is 1. The standard InChI is InChI=1S/C16H13N5O3/c1-11-5-6-14(10-18-11)19-9-12(8-17)16(22)20-13-3-2-4-15(7-13)21(23)24/h2-7,9-10,19H,1H3,(H,20,22)/b12-9-.